The van der Waals surface area contributed by atoms with Gasteiger partial charge in [0.15, 0.2) is 0 Å². The first-order valence-electron chi connectivity index (χ1n) is 7.82. The number of nitrogens with zero attached hydrogens (tertiary/aromatic N) is 1. The molecule has 0 heterocycles. The molecule has 5 heteroatoms. The molecule has 120 valence electrons. The van der Waals surface area contributed by atoms with E-state index in [-0.39, 0.29) is 24.7 Å². The van der Waals surface area contributed by atoms with Crippen molar-refractivity contribution in [1.82, 2.24) is 4.90 Å². The summed E-state index contributed by atoms with van der Waals surface area (Å²) in [4.78, 5) is 25.0. The Kier molecular flexibility index (Phi) is 5.81. The second-order valence-corrected chi connectivity index (χ2v) is 5.67. The Labute approximate surface area is 130 Å². The van der Waals surface area contributed by atoms with Crippen molar-refractivity contribution in [1.29, 1.82) is 0 Å². The number of hydrogen-bond acceptors (Lipinski definition) is 3. The molecule has 5 nitrogen and oxygen atoms in total. The molecule has 0 atom stereocenters. The van der Waals surface area contributed by atoms with E-state index in [1.807, 2.05) is 37.3 Å². The van der Waals surface area contributed by atoms with Gasteiger partial charge in [-0.05, 0) is 38.2 Å². The van der Waals surface area contributed by atoms with Crippen LogP contribution < -0.4 is 0 Å². The lowest BCUT2D eigenvalue weighted by Gasteiger charge is -2.34. The summed E-state index contributed by atoms with van der Waals surface area (Å²) in [6, 6.07) is 9.67. The molecule has 2 rings (SSSR count). The fraction of sp³-hybridized carbons (Fsp3) is 0.529. The number of carboxylic acids is 1. The summed E-state index contributed by atoms with van der Waals surface area (Å²) < 4.78 is 5.38. The van der Waals surface area contributed by atoms with Crippen LogP contribution >= 0.6 is 0 Å². The third kappa shape index (κ3) is 4.23. The Hall–Kier alpha value is -2.04. The van der Waals surface area contributed by atoms with Crippen LogP contribution in [-0.4, -0.2) is 34.7 Å². The van der Waals surface area contributed by atoms with Gasteiger partial charge in [-0.3, -0.25) is 4.79 Å². The maximum absolute atomic E-state index is 12.2. The van der Waals surface area contributed by atoms with Gasteiger partial charge in [-0.15, -0.1) is 0 Å². The van der Waals surface area contributed by atoms with Gasteiger partial charge in [-0.2, -0.15) is 0 Å². The predicted molar refractivity (Wildman–Crippen MR) is 82.4 cm³/mol. The van der Waals surface area contributed by atoms with Gasteiger partial charge in [-0.25, -0.2) is 4.79 Å². The van der Waals surface area contributed by atoms with E-state index in [0.717, 1.165) is 18.4 Å². The largest absolute Gasteiger partial charge is 0.481 e. The minimum absolute atomic E-state index is 0.0869. The molecular weight excluding hydrogens is 282 g/mol. The van der Waals surface area contributed by atoms with Crippen molar-refractivity contribution in [3.05, 3.63) is 35.9 Å². The fourth-order valence-electron chi connectivity index (χ4n) is 2.97. The topological polar surface area (TPSA) is 66.8 Å². The highest BCUT2D eigenvalue weighted by Crippen LogP contribution is 2.28. The first kappa shape index (κ1) is 16.3. The average Bonchev–Trinajstić information content (AvgIpc) is 2.55. The molecule has 0 bridgehead atoms. The highest BCUT2D eigenvalue weighted by Gasteiger charge is 2.31. The zero-order valence-corrected chi connectivity index (χ0v) is 12.9. The minimum Gasteiger partial charge on any atom is -0.481 e. The minimum atomic E-state index is -0.729. The van der Waals surface area contributed by atoms with Gasteiger partial charge < -0.3 is 14.7 Å². The van der Waals surface area contributed by atoms with Crippen molar-refractivity contribution < 1.29 is 19.4 Å². The third-order valence-corrected chi connectivity index (χ3v) is 4.27. The number of carbonyl (C=O) groups excluding carboxylic acids is 1. The fourth-order valence-corrected chi connectivity index (χ4v) is 2.97. The molecule has 1 aromatic carbocycles. The number of carbonyl (C=O) groups is 2. The van der Waals surface area contributed by atoms with E-state index in [1.165, 1.54) is 0 Å². The Morgan fingerprint density at radius 1 is 1.18 bits per heavy atom. The molecule has 0 aliphatic heterocycles. The number of carboxylic acid groups (broad SMARTS) is 1. The number of rotatable bonds is 5. The molecule has 1 aliphatic carbocycles. The second kappa shape index (κ2) is 7.82. The lowest BCUT2D eigenvalue weighted by Crippen LogP contribution is -2.43. The lowest BCUT2D eigenvalue weighted by atomic mass is 9.85. The highest BCUT2D eigenvalue weighted by atomic mass is 16.6. The normalized spacial score (nSPS) is 21.1. The standard InChI is InChI=1S/C17H23NO4/c1-2-18(15-10-8-14(9-11-15)16(19)20)17(21)22-12-13-6-4-3-5-7-13/h3-7,14-15H,2,8-12H2,1H3,(H,19,20). The summed E-state index contributed by atoms with van der Waals surface area (Å²) in [6.07, 6.45) is 2.40. The summed E-state index contributed by atoms with van der Waals surface area (Å²) in [5.74, 6) is -0.997. The summed E-state index contributed by atoms with van der Waals surface area (Å²) in [7, 11) is 0. The van der Waals surface area contributed by atoms with Gasteiger partial charge >= 0.3 is 12.1 Å². The molecular formula is C17H23NO4. The zero-order valence-electron chi connectivity index (χ0n) is 12.9. The van der Waals surface area contributed by atoms with Crippen LogP contribution in [0.1, 0.15) is 38.2 Å². The SMILES string of the molecule is CCN(C(=O)OCc1ccccc1)C1CCC(C(=O)O)CC1. The smallest absolute Gasteiger partial charge is 0.410 e. The van der Waals surface area contributed by atoms with Gasteiger partial charge in [0.1, 0.15) is 6.61 Å². The maximum atomic E-state index is 12.2. The van der Waals surface area contributed by atoms with Gasteiger partial charge in [-0.1, -0.05) is 30.3 Å². The van der Waals surface area contributed by atoms with Crippen molar-refractivity contribution in [2.24, 2.45) is 5.92 Å². The quantitative estimate of drug-likeness (QED) is 0.906. The Morgan fingerprint density at radius 2 is 1.82 bits per heavy atom. The van der Waals surface area contributed by atoms with Crippen LogP contribution in [0.3, 0.4) is 0 Å². The van der Waals surface area contributed by atoms with Crippen LogP contribution in [0.15, 0.2) is 30.3 Å². The third-order valence-electron chi connectivity index (χ3n) is 4.27. The summed E-state index contributed by atoms with van der Waals surface area (Å²) in [5.41, 5.74) is 0.960. The Bertz CT molecular complexity index is 495. The van der Waals surface area contributed by atoms with Crippen LogP contribution in [0.4, 0.5) is 4.79 Å². The molecule has 0 radical (unpaired) electrons. The van der Waals surface area contributed by atoms with E-state index in [9.17, 15) is 9.59 Å². The van der Waals surface area contributed by atoms with E-state index in [4.69, 9.17) is 9.84 Å². The first-order chi connectivity index (χ1) is 10.6. The zero-order chi connectivity index (χ0) is 15.9. The monoisotopic (exact) mass is 305 g/mol. The molecule has 1 saturated carbocycles. The van der Waals surface area contributed by atoms with Gasteiger partial charge in [0.25, 0.3) is 0 Å². The average molecular weight is 305 g/mol. The summed E-state index contributed by atoms with van der Waals surface area (Å²) >= 11 is 0. The first-order valence-corrected chi connectivity index (χ1v) is 7.82. The molecule has 0 unspecified atom stereocenters. The van der Waals surface area contributed by atoms with Gasteiger partial charge in [0, 0.05) is 12.6 Å². The van der Waals surface area contributed by atoms with Crippen LogP contribution in [0.25, 0.3) is 0 Å². The van der Waals surface area contributed by atoms with Crippen LogP contribution in [0.5, 0.6) is 0 Å². The van der Waals surface area contributed by atoms with E-state index >= 15 is 0 Å². The van der Waals surface area contributed by atoms with E-state index in [1.54, 1.807) is 4.90 Å². The molecule has 0 spiro atoms. The molecule has 22 heavy (non-hydrogen) atoms. The van der Waals surface area contributed by atoms with Crippen molar-refractivity contribution >= 4 is 12.1 Å². The lowest BCUT2D eigenvalue weighted by molar-refractivity contribution is -0.143. The van der Waals surface area contributed by atoms with Crippen LogP contribution in [-0.2, 0) is 16.1 Å². The molecule has 1 aromatic rings. The van der Waals surface area contributed by atoms with Crippen molar-refractivity contribution in [3.8, 4) is 0 Å². The number of hydrogen-bond donors (Lipinski definition) is 1. The van der Waals surface area contributed by atoms with Crippen molar-refractivity contribution in [3.63, 3.8) is 0 Å². The Balaban J connectivity index is 1.85. The number of aliphatic carboxylic acids is 1. The molecule has 0 aromatic heterocycles. The van der Waals surface area contributed by atoms with E-state index in [0.29, 0.717) is 19.4 Å². The van der Waals surface area contributed by atoms with Crippen molar-refractivity contribution in [2.45, 2.75) is 45.3 Å². The second-order valence-electron chi connectivity index (χ2n) is 5.67. The molecule has 1 amide bonds. The van der Waals surface area contributed by atoms with Crippen molar-refractivity contribution in [2.75, 3.05) is 6.54 Å². The van der Waals surface area contributed by atoms with Crippen LogP contribution in [0.2, 0.25) is 0 Å². The van der Waals surface area contributed by atoms with E-state index < -0.39 is 5.97 Å². The number of amides is 1. The predicted octanol–water partition coefficient (Wildman–Crippen LogP) is 3.29. The van der Waals surface area contributed by atoms with E-state index in [2.05, 4.69) is 0 Å². The van der Waals surface area contributed by atoms with Crippen LogP contribution in [0, 0.1) is 5.92 Å². The highest BCUT2D eigenvalue weighted by molar-refractivity contribution is 5.70. The molecule has 1 fully saturated rings. The molecule has 0 saturated heterocycles. The van der Waals surface area contributed by atoms with Gasteiger partial charge in [0.2, 0.25) is 0 Å². The molecule has 1 aliphatic rings. The van der Waals surface area contributed by atoms with Gasteiger partial charge in [0.05, 0.1) is 5.92 Å². The Morgan fingerprint density at radius 3 is 2.36 bits per heavy atom. The summed E-state index contributed by atoms with van der Waals surface area (Å²) in [5, 5.41) is 9.03. The molecule has 1 N–H and O–H groups in total. The number of ether oxygens (including phenoxy) is 1. The summed E-state index contributed by atoms with van der Waals surface area (Å²) in [6.45, 7) is 2.77. The maximum Gasteiger partial charge on any atom is 0.410 e. The number of benzene rings is 1.